The summed E-state index contributed by atoms with van der Waals surface area (Å²) in [4.78, 5) is 2.37. The Labute approximate surface area is 128 Å². The topological polar surface area (TPSA) is 44.7 Å². The molecule has 0 heterocycles. The predicted octanol–water partition coefficient (Wildman–Crippen LogP) is 2.75. The molecular weight excluding hydrogens is 264 g/mol. The van der Waals surface area contributed by atoms with Crippen LogP contribution >= 0.6 is 0 Å². The lowest BCUT2D eigenvalue weighted by Gasteiger charge is -2.43. The standard InChI is InChI=1S/C17H28N2O2/c1-19(2)17(9-5-4-6-10-17)13-18-12-14-7-8-15(21-3)11-16(14)20/h7-8,11,18,20H,4-6,9-10,12-13H2,1-3H3. The number of aromatic hydroxyl groups is 1. The Balaban J connectivity index is 1.93. The molecule has 0 amide bonds. The largest absolute Gasteiger partial charge is 0.507 e. The maximum atomic E-state index is 10.0. The van der Waals surface area contributed by atoms with Gasteiger partial charge in [-0.15, -0.1) is 0 Å². The first-order chi connectivity index (χ1) is 10.1. The third-order valence-electron chi connectivity index (χ3n) is 4.79. The summed E-state index contributed by atoms with van der Waals surface area (Å²) in [6, 6.07) is 5.47. The van der Waals surface area contributed by atoms with E-state index in [1.165, 1.54) is 32.1 Å². The van der Waals surface area contributed by atoms with E-state index in [0.717, 1.165) is 12.1 Å². The smallest absolute Gasteiger partial charge is 0.123 e. The van der Waals surface area contributed by atoms with Gasteiger partial charge in [0.15, 0.2) is 0 Å². The number of nitrogens with zero attached hydrogens (tertiary/aromatic N) is 1. The van der Waals surface area contributed by atoms with Crippen LogP contribution < -0.4 is 10.1 Å². The van der Waals surface area contributed by atoms with E-state index >= 15 is 0 Å². The van der Waals surface area contributed by atoms with Crippen molar-refractivity contribution in [3.8, 4) is 11.5 Å². The molecule has 1 aliphatic rings. The summed E-state index contributed by atoms with van der Waals surface area (Å²) >= 11 is 0. The molecule has 0 aliphatic heterocycles. The molecule has 1 saturated carbocycles. The van der Waals surface area contributed by atoms with Crippen molar-refractivity contribution < 1.29 is 9.84 Å². The second-order valence-corrected chi connectivity index (χ2v) is 6.28. The molecule has 0 saturated heterocycles. The summed E-state index contributed by atoms with van der Waals surface area (Å²) in [5, 5.41) is 13.5. The van der Waals surface area contributed by atoms with E-state index in [0.29, 0.717) is 18.0 Å². The van der Waals surface area contributed by atoms with Gasteiger partial charge in [0.1, 0.15) is 11.5 Å². The summed E-state index contributed by atoms with van der Waals surface area (Å²) < 4.78 is 5.11. The highest BCUT2D eigenvalue weighted by atomic mass is 16.5. The Bertz CT molecular complexity index is 454. The predicted molar refractivity (Wildman–Crippen MR) is 85.9 cm³/mol. The van der Waals surface area contributed by atoms with Crippen molar-refractivity contribution in [3.05, 3.63) is 23.8 Å². The van der Waals surface area contributed by atoms with Crippen molar-refractivity contribution in [1.82, 2.24) is 10.2 Å². The Morgan fingerprint density at radius 3 is 2.52 bits per heavy atom. The van der Waals surface area contributed by atoms with Crippen LogP contribution in [0.5, 0.6) is 11.5 Å². The zero-order valence-corrected chi connectivity index (χ0v) is 13.5. The van der Waals surface area contributed by atoms with E-state index in [2.05, 4.69) is 24.3 Å². The Morgan fingerprint density at radius 2 is 1.95 bits per heavy atom. The van der Waals surface area contributed by atoms with Crippen molar-refractivity contribution >= 4 is 0 Å². The molecule has 1 aliphatic carbocycles. The fourth-order valence-electron chi connectivity index (χ4n) is 3.24. The minimum absolute atomic E-state index is 0.264. The Kier molecular flexibility index (Phi) is 5.48. The second kappa shape index (κ2) is 7.14. The maximum Gasteiger partial charge on any atom is 0.123 e. The number of hydrogen-bond acceptors (Lipinski definition) is 4. The number of phenolic OH excluding ortho intramolecular Hbond substituents is 1. The monoisotopic (exact) mass is 292 g/mol. The number of benzene rings is 1. The van der Waals surface area contributed by atoms with Crippen LogP contribution in [0.1, 0.15) is 37.7 Å². The molecule has 1 aromatic carbocycles. The van der Waals surface area contributed by atoms with Crippen molar-refractivity contribution in [1.29, 1.82) is 0 Å². The first-order valence-corrected chi connectivity index (χ1v) is 7.81. The van der Waals surface area contributed by atoms with Crippen LogP contribution in [0.3, 0.4) is 0 Å². The minimum Gasteiger partial charge on any atom is -0.507 e. The van der Waals surface area contributed by atoms with Crippen LogP contribution in [0.4, 0.5) is 0 Å². The van der Waals surface area contributed by atoms with Gasteiger partial charge in [-0.1, -0.05) is 25.3 Å². The average molecular weight is 292 g/mol. The summed E-state index contributed by atoms with van der Waals surface area (Å²) in [6.45, 7) is 1.65. The van der Waals surface area contributed by atoms with Crippen molar-refractivity contribution in [2.45, 2.75) is 44.2 Å². The molecule has 4 heteroatoms. The summed E-state index contributed by atoms with van der Waals surface area (Å²) in [6.07, 6.45) is 6.49. The third kappa shape index (κ3) is 3.89. The molecule has 4 nitrogen and oxygen atoms in total. The zero-order chi connectivity index (χ0) is 15.3. The molecule has 118 valence electrons. The maximum absolute atomic E-state index is 10.0. The van der Waals surface area contributed by atoms with E-state index in [4.69, 9.17) is 4.74 Å². The van der Waals surface area contributed by atoms with Gasteiger partial charge in [-0.25, -0.2) is 0 Å². The van der Waals surface area contributed by atoms with Gasteiger partial charge in [0.25, 0.3) is 0 Å². The zero-order valence-electron chi connectivity index (χ0n) is 13.5. The number of likely N-dealkylation sites (N-methyl/N-ethyl adjacent to an activating group) is 1. The van der Waals surface area contributed by atoms with E-state index in [1.807, 2.05) is 12.1 Å². The van der Waals surface area contributed by atoms with Gasteiger partial charge in [0.05, 0.1) is 7.11 Å². The first-order valence-electron chi connectivity index (χ1n) is 7.81. The van der Waals surface area contributed by atoms with Crippen LogP contribution in [0.25, 0.3) is 0 Å². The first kappa shape index (κ1) is 16.1. The second-order valence-electron chi connectivity index (χ2n) is 6.28. The van der Waals surface area contributed by atoms with Gasteiger partial charge < -0.3 is 20.1 Å². The number of rotatable bonds is 6. The quantitative estimate of drug-likeness (QED) is 0.846. The van der Waals surface area contributed by atoms with Gasteiger partial charge in [-0.3, -0.25) is 0 Å². The molecular formula is C17H28N2O2. The molecule has 0 bridgehead atoms. The summed E-state index contributed by atoms with van der Waals surface area (Å²) in [5.74, 6) is 0.984. The number of nitrogens with one attached hydrogen (secondary N) is 1. The average Bonchev–Trinajstić information content (AvgIpc) is 2.49. The van der Waals surface area contributed by atoms with E-state index in [-0.39, 0.29) is 5.54 Å². The molecule has 2 rings (SSSR count). The molecule has 0 unspecified atom stereocenters. The van der Waals surface area contributed by atoms with E-state index in [9.17, 15) is 5.11 Å². The minimum atomic E-state index is 0.264. The normalized spacial score (nSPS) is 17.9. The molecule has 0 radical (unpaired) electrons. The molecule has 0 aromatic heterocycles. The SMILES string of the molecule is COc1ccc(CNCC2(N(C)C)CCCCC2)c(O)c1. The fourth-order valence-corrected chi connectivity index (χ4v) is 3.24. The van der Waals surface area contributed by atoms with Crippen LogP contribution in [-0.4, -0.2) is 43.3 Å². The van der Waals surface area contributed by atoms with Crippen molar-refractivity contribution in [2.75, 3.05) is 27.7 Å². The lowest BCUT2D eigenvalue weighted by molar-refractivity contribution is 0.0983. The molecule has 1 fully saturated rings. The van der Waals surface area contributed by atoms with Crippen molar-refractivity contribution in [3.63, 3.8) is 0 Å². The number of hydrogen-bond donors (Lipinski definition) is 2. The van der Waals surface area contributed by atoms with Crippen LogP contribution in [0.15, 0.2) is 18.2 Å². The van der Waals surface area contributed by atoms with E-state index in [1.54, 1.807) is 13.2 Å². The van der Waals surface area contributed by atoms with Gasteiger partial charge in [0, 0.05) is 30.3 Å². The van der Waals surface area contributed by atoms with Crippen LogP contribution in [0, 0.1) is 0 Å². The summed E-state index contributed by atoms with van der Waals surface area (Å²) in [5.41, 5.74) is 1.18. The third-order valence-corrected chi connectivity index (χ3v) is 4.79. The molecule has 0 atom stereocenters. The van der Waals surface area contributed by atoms with Gasteiger partial charge in [-0.2, -0.15) is 0 Å². The highest BCUT2D eigenvalue weighted by Gasteiger charge is 2.33. The van der Waals surface area contributed by atoms with Crippen LogP contribution in [0.2, 0.25) is 0 Å². The fraction of sp³-hybridized carbons (Fsp3) is 0.647. The highest BCUT2D eigenvalue weighted by Crippen LogP contribution is 2.32. The molecule has 2 N–H and O–H groups in total. The lowest BCUT2D eigenvalue weighted by atomic mass is 9.80. The van der Waals surface area contributed by atoms with Crippen LogP contribution in [-0.2, 0) is 6.54 Å². The van der Waals surface area contributed by atoms with Gasteiger partial charge in [-0.05, 0) is 33.0 Å². The van der Waals surface area contributed by atoms with E-state index < -0.39 is 0 Å². The number of ether oxygens (including phenoxy) is 1. The molecule has 1 aromatic rings. The highest BCUT2D eigenvalue weighted by molar-refractivity contribution is 5.39. The molecule has 21 heavy (non-hydrogen) atoms. The van der Waals surface area contributed by atoms with Gasteiger partial charge >= 0.3 is 0 Å². The Hall–Kier alpha value is -1.26. The molecule has 0 spiro atoms. The number of phenols is 1. The number of methoxy groups -OCH3 is 1. The lowest BCUT2D eigenvalue weighted by Crippen LogP contribution is -2.52. The van der Waals surface area contributed by atoms with Gasteiger partial charge in [0.2, 0.25) is 0 Å². The summed E-state index contributed by atoms with van der Waals surface area (Å²) in [7, 11) is 5.96. The van der Waals surface area contributed by atoms with Crippen molar-refractivity contribution in [2.24, 2.45) is 0 Å². The Morgan fingerprint density at radius 1 is 1.24 bits per heavy atom.